The monoisotopic (exact) mass is 364 g/mol. The predicted molar refractivity (Wildman–Crippen MR) is 95.0 cm³/mol. The highest BCUT2D eigenvalue weighted by Gasteiger charge is 2.34. The summed E-state index contributed by atoms with van der Waals surface area (Å²) in [6.45, 7) is 3.48. The third kappa shape index (κ3) is 3.00. The molecule has 2 aromatic rings. The van der Waals surface area contributed by atoms with Gasteiger partial charge < -0.3 is 5.32 Å². The molecule has 0 atom stereocenters. The molecule has 1 N–H and O–H groups in total. The van der Waals surface area contributed by atoms with Gasteiger partial charge in [-0.1, -0.05) is 30.3 Å². The molecule has 0 spiro atoms. The van der Waals surface area contributed by atoms with Crippen molar-refractivity contribution in [3.8, 4) is 10.6 Å². The number of hydrogen-bond acceptors (Lipinski definition) is 5. The Hall–Kier alpha value is -1.32. The highest BCUT2D eigenvalue weighted by atomic mass is 32.2. The van der Waals surface area contributed by atoms with Crippen LogP contribution in [0.15, 0.2) is 30.3 Å². The fourth-order valence-corrected chi connectivity index (χ4v) is 5.91. The van der Waals surface area contributed by atoms with E-state index in [0.29, 0.717) is 32.6 Å². The van der Waals surface area contributed by atoms with E-state index in [4.69, 9.17) is 4.98 Å². The molecule has 0 saturated carbocycles. The van der Waals surface area contributed by atoms with E-state index in [1.54, 1.807) is 19.9 Å². The minimum Gasteiger partial charge on any atom is -0.314 e. The van der Waals surface area contributed by atoms with E-state index < -0.39 is 10.2 Å². The average Bonchev–Trinajstić information content (AvgIpc) is 3.06. The van der Waals surface area contributed by atoms with Crippen molar-refractivity contribution in [3.05, 3.63) is 40.9 Å². The molecule has 4 rings (SSSR count). The summed E-state index contributed by atoms with van der Waals surface area (Å²) < 4.78 is 28.9. The van der Waals surface area contributed by atoms with Gasteiger partial charge in [0.15, 0.2) is 0 Å². The first-order valence-electron chi connectivity index (χ1n) is 8.14. The van der Waals surface area contributed by atoms with Crippen LogP contribution in [0.2, 0.25) is 0 Å². The summed E-state index contributed by atoms with van der Waals surface area (Å²) >= 11 is 1.61. The molecule has 0 unspecified atom stereocenters. The Morgan fingerprint density at radius 2 is 1.79 bits per heavy atom. The minimum absolute atomic E-state index is 0.437. The molecule has 128 valence electrons. The van der Waals surface area contributed by atoms with Crippen LogP contribution in [0.3, 0.4) is 0 Å². The van der Waals surface area contributed by atoms with Gasteiger partial charge in [-0.3, -0.25) is 0 Å². The highest BCUT2D eigenvalue weighted by Crippen LogP contribution is 2.32. The topological polar surface area (TPSA) is 65.5 Å². The van der Waals surface area contributed by atoms with Gasteiger partial charge in [-0.15, -0.1) is 11.3 Å². The molecule has 1 fully saturated rings. The summed E-state index contributed by atoms with van der Waals surface area (Å²) in [7, 11) is -3.38. The van der Waals surface area contributed by atoms with Crippen LogP contribution in [0, 0.1) is 0 Å². The Balaban J connectivity index is 1.56. The molecule has 1 aromatic carbocycles. The van der Waals surface area contributed by atoms with Gasteiger partial charge in [-0.2, -0.15) is 17.0 Å². The zero-order valence-corrected chi connectivity index (χ0v) is 14.9. The number of benzene rings is 1. The first kappa shape index (κ1) is 16.2. The zero-order chi connectivity index (χ0) is 16.6. The van der Waals surface area contributed by atoms with Crippen LogP contribution in [-0.2, 0) is 23.2 Å². The fourth-order valence-electron chi connectivity index (χ4n) is 3.11. The second-order valence-corrected chi connectivity index (χ2v) is 9.01. The quantitative estimate of drug-likeness (QED) is 0.892. The zero-order valence-electron chi connectivity index (χ0n) is 13.3. The standard InChI is InChI=1S/C16H20N4O2S2/c21-24(22,19-10-7-17-8-11-19)20-9-6-14-15(12-20)23-16(18-14)13-4-2-1-3-5-13/h1-5,17H,6-12H2. The van der Waals surface area contributed by atoms with Crippen molar-refractivity contribution in [3.63, 3.8) is 0 Å². The van der Waals surface area contributed by atoms with Crippen LogP contribution in [0.4, 0.5) is 0 Å². The summed E-state index contributed by atoms with van der Waals surface area (Å²) in [5.74, 6) is 0. The number of piperazine rings is 1. The molecule has 2 aliphatic heterocycles. The number of hydrogen-bond donors (Lipinski definition) is 1. The predicted octanol–water partition coefficient (Wildman–Crippen LogP) is 1.32. The maximum absolute atomic E-state index is 12.8. The molecule has 1 saturated heterocycles. The number of rotatable bonds is 3. The van der Waals surface area contributed by atoms with Crippen molar-refractivity contribution in [2.45, 2.75) is 13.0 Å². The van der Waals surface area contributed by atoms with Gasteiger partial charge >= 0.3 is 0 Å². The molecule has 3 heterocycles. The summed E-state index contributed by atoms with van der Waals surface area (Å²) in [5, 5.41) is 4.17. The molecular formula is C16H20N4O2S2. The molecule has 24 heavy (non-hydrogen) atoms. The molecule has 8 heteroatoms. The SMILES string of the molecule is O=S(=O)(N1CCNCC1)N1CCc2nc(-c3ccccc3)sc2C1. The van der Waals surface area contributed by atoms with Crippen LogP contribution in [0.5, 0.6) is 0 Å². The fraction of sp³-hybridized carbons (Fsp3) is 0.438. The Morgan fingerprint density at radius 1 is 1.04 bits per heavy atom. The Kier molecular flexibility index (Phi) is 4.40. The van der Waals surface area contributed by atoms with Crippen LogP contribution in [0.1, 0.15) is 10.6 Å². The van der Waals surface area contributed by atoms with Crippen LogP contribution in [0.25, 0.3) is 10.6 Å². The second kappa shape index (κ2) is 6.53. The summed E-state index contributed by atoms with van der Waals surface area (Å²) in [4.78, 5) is 5.79. The average molecular weight is 364 g/mol. The lowest BCUT2D eigenvalue weighted by atomic mass is 10.2. The molecule has 0 aliphatic carbocycles. The van der Waals surface area contributed by atoms with Crippen LogP contribution < -0.4 is 5.32 Å². The molecule has 0 bridgehead atoms. The van der Waals surface area contributed by atoms with Crippen LogP contribution >= 0.6 is 11.3 Å². The van der Waals surface area contributed by atoms with E-state index in [9.17, 15) is 8.42 Å². The van der Waals surface area contributed by atoms with Crippen molar-refractivity contribution in [1.29, 1.82) is 0 Å². The van der Waals surface area contributed by atoms with Gasteiger partial charge in [0, 0.05) is 49.6 Å². The Labute approximate surface area is 146 Å². The maximum Gasteiger partial charge on any atom is 0.282 e. The number of aromatic nitrogens is 1. The van der Waals surface area contributed by atoms with E-state index in [0.717, 1.165) is 34.2 Å². The summed E-state index contributed by atoms with van der Waals surface area (Å²) in [6, 6.07) is 10.1. The highest BCUT2D eigenvalue weighted by molar-refractivity contribution is 7.86. The van der Waals surface area contributed by atoms with Gasteiger partial charge in [0.1, 0.15) is 5.01 Å². The van der Waals surface area contributed by atoms with E-state index >= 15 is 0 Å². The van der Waals surface area contributed by atoms with Crippen molar-refractivity contribution in [2.75, 3.05) is 32.7 Å². The first-order chi connectivity index (χ1) is 11.6. The molecule has 2 aliphatic rings. The Bertz CT molecular complexity index is 814. The van der Waals surface area contributed by atoms with Gasteiger partial charge in [0.2, 0.25) is 0 Å². The van der Waals surface area contributed by atoms with Crippen molar-refractivity contribution >= 4 is 21.5 Å². The van der Waals surface area contributed by atoms with Gasteiger partial charge in [-0.05, 0) is 0 Å². The summed E-state index contributed by atoms with van der Waals surface area (Å²) in [5.41, 5.74) is 2.14. The Morgan fingerprint density at radius 3 is 2.54 bits per heavy atom. The lowest BCUT2D eigenvalue weighted by Crippen LogP contribution is -2.52. The van der Waals surface area contributed by atoms with Crippen LogP contribution in [-0.4, -0.2) is 54.7 Å². The second-order valence-electron chi connectivity index (χ2n) is 6.00. The largest absolute Gasteiger partial charge is 0.314 e. The third-order valence-corrected chi connectivity index (χ3v) is 7.56. The lowest BCUT2D eigenvalue weighted by Gasteiger charge is -2.33. The summed E-state index contributed by atoms with van der Waals surface area (Å²) in [6.07, 6.45) is 0.685. The minimum atomic E-state index is -3.38. The van der Waals surface area contributed by atoms with E-state index in [-0.39, 0.29) is 0 Å². The van der Waals surface area contributed by atoms with E-state index in [1.807, 2.05) is 30.3 Å². The van der Waals surface area contributed by atoms with Gasteiger partial charge in [0.05, 0.1) is 12.2 Å². The molecule has 0 amide bonds. The normalized spacial score (nSPS) is 20.0. The molecule has 6 nitrogen and oxygen atoms in total. The maximum atomic E-state index is 12.8. The van der Waals surface area contributed by atoms with E-state index in [2.05, 4.69) is 5.32 Å². The van der Waals surface area contributed by atoms with Gasteiger partial charge in [-0.25, -0.2) is 4.98 Å². The smallest absolute Gasteiger partial charge is 0.282 e. The van der Waals surface area contributed by atoms with Gasteiger partial charge in [0.25, 0.3) is 10.2 Å². The number of thiazole rings is 1. The molecule has 0 radical (unpaired) electrons. The number of nitrogens with zero attached hydrogens (tertiary/aromatic N) is 3. The van der Waals surface area contributed by atoms with Crippen molar-refractivity contribution in [1.82, 2.24) is 18.9 Å². The first-order valence-corrected chi connectivity index (χ1v) is 10.4. The van der Waals surface area contributed by atoms with Crippen molar-refractivity contribution in [2.24, 2.45) is 0 Å². The number of nitrogens with one attached hydrogen (secondary N) is 1. The molecule has 1 aromatic heterocycles. The molecular weight excluding hydrogens is 344 g/mol. The third-order valence-electron chi connectivity index (χ3n) is 4.45. The van der Waals surface area contributed by atoms with Crippen molar-refractivity contribution < 1.29 is 8.42 Å². The number of fused-ring (bicyclic) bond motifs is 1. The van der Waals surface area contributed by atoms with E-state index in [1.165, 1.54) is 0 Å². The lowest BCUT2D eigenvalue weighted by molar-refractivity contribution is 0.303.